The maximum atomic E-state index is 5.53. The Bertz CT molecular complexity index is 264. The highest BCUT2D eigenvalue weighted by molar-refractivity contribution is 5.10. The molecule has 0 aromatic heterocycles. The van der Waals surface area contributed by atoms with Gasteiger partial charge in [0.05, 0.1) is 5.54 Å². The molecule has 0 aliphatic carbocycles. The second kappa shape index (κ2) is 4.15. The van der Waals surface area contributed by atoms with E-state index in [0.717, 1.165) is 6.04 Å². The second-order valence-corrected chi connectivity index (χ2v) is 5.41. The lowest BCUT2D eigenvalue weighted by molar-refractivity contribution is 0.174. The van der Waals surface area contributed by atoms with Gasteiger partial charge < -0.3 is 0 Å². The van der Waals surface area contributed by atoms with E-state index in [9.17, 15) is 0 Å². The summed E-state index contributed by atoms with van der Waals surface area (Å²) in [4.78, 5) is 2.63. The van der Waals surface area contributed by atoms with Crippen LogP contribution >= 0.6 is 0 Å². The molecular formula is C13H22N2. The molecule has 0 aromatic carbocycles. The van der Waals surface area contributed by atoms with Crippen molar-refractivity contribution in [2.24, 2.45) is 0 Å². The van der Waals surface area contributed by atoms with Crippen molar-refractivity contribution < 1.29 is 0 Å². The van der Waals surface area contributed by atoms with Crippen molar-refractivity contribution in [1.29, 1.82) is 0 Å². The highest BCUT2D eigenvalue weighted by atomic mass is 15.2. The average molecular weight is 206 g/mol. The van der Waals surface area contributed by atoms with Gasteiger partial charge in [0.15, 0.2) is 0 Å². The fraction of sp³-hybridized carbons (Fsp3) is 0.846. The molecule has 0 amide bonds. The van der Waals surface area contributed by atoms with Gasteiger partial charge in [-0.15, -0.1) is 6.42 Å². The van der Waals surface area contributed by atoms with Gasteiger partial charge in [0.2, 0.25) is 0 Å². The Morgan fingerprint density at radius 1 is 1.27 bits per heavy atom. The predicted octanol–water partition coefficient (Wildman–Crippen LogP) is 1.61. The zero-order chi connectivity index (χ0) is 10.9. The van der Waals surface area contributed by atoms with Gasteiger partial charge in [-0.2, -0.15) is 0 Å². The summed E-state index contributed by atoms with van der Waals surface area (Å²) in [5.74, 6) is 2.83. The first-order valence-corrected chi connectivity index (χ1v) is 6.12. The summed E-state index contributed by atoms with van der Waals surface area (Å²) in [6, 6.07) is 1.35. The van der Waals surface area contributed by atoms with Crippen molar-refractivity contribution in [3.63, 3.8) is 0 Å². The normalized spacial score (nSPS) is 32.3. The average Bonchev–Trinajstić information content (AvgIpc) is 2.62. The van der Waals surface area contributed by atoms with Gasteiger partial charge in [-0.1, -0.05) is 12.3 Å². The minimum atomic E-state index is -0.155. The standard InChI is InChI=1S/C13H22N2/c1-4-13(2,3)14-11-8-10-15-9-6-5-7-12(11)15/h1,11-12,14H,5-10H2,2-3H3. The Morgan fingerprint density at radius 2 is 2.07 bits per heavy atom. The van der Waals surface area contributed by atoms with E-state index >= 15 is 0 Å². The van der Waals surface area contributed by atoms with Crippen LogP contribution in [0.4, 0.5) is 0 Å². The SMILES string of the molecule is C#CC(C)(C)NC1CCN2CCCCC12. The minimum absolute atomic E-state index is 0.155. The fourth-order valence-electron chi connectivity index (χ4n) is 2.92. The first kappa shape index (κ1) is 11.0. The molecule has 84 valence electrons. The molecular weight excluding hydrogens is 184 g/mol. The van der Waals surface area contributed by atoms with E-state index in [1.54, 1.807) is 0 Å². The highest BCUT2D eigenvalue weighted by Crippen LogP contribution is 2.28. The van der Waals surface area contributed by atoms with Crippen molar-refractivity contribution in [1.82, 2.24) is 10.2 Å². The third kappa shape index (κ3) is 2.35. The Kier molecular flexibility index (Phi) is 3.04. The molecule has 2 nitrogen and oxygen atoms in total. The van der Waals surface area contributed by atoms with Crippen LogP contribution in [0.5, 0.6) is 0 Å². The number of terminal acetylenes is 1. The number of rotatable bonds is 2. The van der Waals surface area contributed by atoms with Gasteiger partial charge in [-0.3, -0.25) is 10.2 Å². The van der Waals surface area contributed by atoms with Gasteiger partial charge in [-0.05, 0) is 39.7 Å². The third-order valence-corrected chi connectivity index (χ3v) is 3.76. The zero-order valence-corrected chi connectivity index (χ0v) is 9.92. The van der Waals surface area contributed by atoms with Gasteiger partial charge in [0.25, 0.3) is 0 Å². The molecule has 1 N–H and O–H groups in total. The van der Waals surface area contributed by atoms with Crippen molar-refractivity contribution in [2.75, 3.05) is 13.1 Å². The number of piperidine rings is 1. The maximum Gasteiger partial charge on any atom is 0.0743 e. The third-order valence-electron chi connectivity index (χ3n) is 3.76. The summed E-state index contributed by atoms with van der Waals surface area (Å²) in [5, 5.41) is 3.63. The van der Waals surface area contributed by atoms with Crippen molar-refractivity contribution in [3.8, 4) is 12.3 Å². The lowest BCUT2D eigenvalue weighted by Gasteiger charge is -2.35. The Hall–Kier alpha value is -0.520. The van der Waals surface area contributed by atoms with Crippen molar-refractivity contribution in [2.45, 2.75) is 57.2 Å². The minimum Gasteiger partial charge on any atom is -0.299 e. The van der Waals surface area contributed by atoms with Gasteiger partial charge in [-0.25, -0.2) is 0 Å². The van der Waals surface area contributed by atoms with E-state index in [4.69, 9.17) is 6.42 Å². The second-order valence-electron chi connectivity index (χ2n) is 5.41. The highest BCUT2D eigenvalue weighted by Gasteiger charge is 2.37. The topological polar surface area (TPSA) is 15.3 Å². The molecule has 0 saturated carbocycles. The summed E-state index contributed by atoms with van der Waals surface area (Å²) >= 11 is 0. The number of fused-ring (bicyclic) bond motifs is 1. The molecule has 0 aromatic rings. The van der Waals surface area contributed by atoms with E-state index in [1.807, 2.05) is 0 Å². The summed E-state index contributed by atoms with van der Waals surface area (Å²) in [5.41, 5.74) is -0.155. The van der Waals surface area contributed by atoms with Crippen LogP contribution in [-0.2, 0) is 0 Å². The number of nitrogens with one attached hydrogen (secondary N) is 1. The number of hydrogen-bond acceptors (Lipinski definition) is 2. The van der Waals surface area contributed by atoms with Crippen LogP contribution < -0.4 is 5.32 Å². The predicted molar refractivity (Wildman–Crippen MR) is 63.7 cm³/mol. The van der Waals surface area contributed by atoms with Crippen LogP contribution in [0.1, 0.15) is 39.5 Å². The maximum absolute atomic E-state index is 5.53. The van der Waals surface area contributed by atoms with E-state index in [2.05, 4.69) is 30.0 Å². The smallest absolute Gasteiger partial charge is 0.0743 e. The molecule has 2 atom stereocenters. The first-order valence-electron chi connectivity index (χ1n) is 6.12. The van der Waals surface area contributed by atoms with Crippen LogP contribution in [0.3, 0.4) is 0 Å². The van der Waals surface area contributed by atoms with E-state index in [0.29, 0.717) is 6.04 Å². The summed E-state index contributed by atoms with van der Waals surface area (Å²) in [6.45, 7) is 6.74. The molecule has 2 aliphatic heterocycles. The van der Waals surface area contributed by atoms with Crippen LogP contribution in [0, 0.1) is 12.3 Å². The van der Waals surface area contributed by atoms with Crippen LogP contribution in [0.2, 0.25) is 0 Å². The molecule has 0 radical (unpaired) electrons. The largest absolute Gasteiger partial charge is 0.299 e. The van der Waals surface area contributed by atoms with E-state index in [1.165, 1.54) is 38.8 Å². The zero-order valence-electron chi connectivity index (χ0n) is 9.92. The molecule has 2 fully saturated rings. The molecule has 2 heterocycles. The molecule has 2 aliphatic rings. The van der Waals surface area contributed by atoms with Crippen molar-refractivity contribution in [3.05, 3.63) is 0 Å². The summed E-state index contributed by atoms with van der Waals surface area (Å²) < 4.78 is 0. The quantitative estimate of drug-likeness (QED) is 0.691. The Morgan fingerprint density at radius 3 is 2.80 bits per heavy atom. The number of nitrogens with zero attached hydrogens (tertiary/aromatic N) is 1. The molecule has 0 spiro atoms. The lowest BCUT2D eigenvalue weighted by atomic mass is 9.96. The Balaban J connectivity index is 1.97. The first-order chi connectivity index (χ1) is 7.12. The van der Waals surface area contributed by atoms with Gasteiger partial charge >= 0.3 is 0 Å². The van der Waals surface area contributed by atoms with Crippen LogP contribution in [-0.4, -0.2) is 35.6 Å². The van der Waals surface area contributed by atoms with Gasteiger partial charge in [0, 0.05) is 18.6 Å². The van der Waals surface area contributed by atoms with Gasteiger partial charge in [0.1, 0.15) is 0 Å². The summed E-state index contributed by atoms with van der Waals surface area (Å²) in [6.07, 6.45) is 10.9. The molecule has 2 unspecified atom stereocenters. The van der Waals surface area contributed by atoms with Crippen LogP contribution in [0.25, 0.3) is 0 Å². The monoisotopic (exact) mass is 206 g/mol. The van der Waals surface area contributed by atoms with Crippen molar-refractivity contribution >= 4 is 0 Å². The van der Waals surface area contributed by atoms with E-state index < -0.39 is 0 Å². The summed E-state index contributed by atoms with van der Waals surface area (Å²) in [7, 11) is 0. The number of hydrogen-bond donors (Lipinski definition) is 1. The van der Waals surface area contributed by atoms with Crippen LogP contribution in [0.15, 0.2) is 0 Å². The fourth-order valence-corrected chi connectivity index (χ4v) is 2.92. The lowest BCUT2D eigenvalue weighted by Crippen LogP contribution is -2.51. The van der Waals surface area contributed by atoms with E-state index in [-0.39, 0.29) is 5.54 Å². The molecule has 2 saturated heterocycles. The molecule has 2 rings (SSSR count). The molecule has 0 bridgehead atoms. The molecule has 2 heteroatoms. The Labute approximate surface area is 93.4 Å². The molecule has 15 heavy (non-hydrogen) atoms.